The fraction of sp³-hybridized carbons (Fsp3) is 0.235. The summed E-state index contributed by atoms with van der Waals surface area (Å²) in [6.45, 7) is 0. The van der Waals surface area contributed by atoms with E-state index in [9.17, 15) is 4.79 Å². The van der Waals surface area contributed by atoms with Crippen LogP contribution >= 0.6 is 0 Å². The lowest BCUT2D eigenvalue weighted by molar-refractivity contribution is -0.119. The minimum absolute atomic E-state index is 0.103. The predicted octanol–water partition coefficient (Wildman–Crippen LogP) is 2.33. The van der Waals surface area contributed by atoms with Crippen LogP contribution in [0.2, 0.25) is 0 Å². The number of para-hydroxylation sites is 1. The Morgan fingerprint density at radius 1 is 1.18 bits per heavy atom. The van der Waals surface area contributed by atoms with Gasteiger partial charge in [0.25, 0.3) is 0 Å². The first kappa shape index (κ1) is 14.4. The predicted molar refractivity (Wildman–Crippen MR) is 84.6 cm³/mol. The van der Waals surface area contributed by atoms with Gasteiger partial charge < -0.3 is 20.1 Å². The summed E-state index contributed by atoms with van der Waals surface area (Å²) in [7, 11) is 3.33. The lowest BCUT2D eigenvalue weighted by atomic mass is 9.97. The molecule has 0 radical (unpaired) electrons. The van der Waals surface area contributed by atoms with E-state index in [1.807, 2.05) is 36.4 Å². The molecule has 22 heavy (non-hydrogen) atoms. The van der Waals surface area contributed by atoms with Crippen LogP contribution in [0.3, 0.4) is 0 Å². The zero-order chi connectivity index (χ0) is 15.7. The normalized spacial score (nSPS) is 17.1. The second-order valence-electron chi connectivity index (χ2n) is 5.25. The third-order valence-corrected chi connectivity index (χ3v) is 3.77. The van der Waals surface area contributed by atoms with E-state index in [-0.39, 0.29) is 5.91 Å². The summed E-state index contributed by atoms with van der Waals surface area (Å²) in [6, 6.07) is 12.6. The van der Waals surface area contributed by atoms with Crippen molar-refractivity contribution >= 4 is 11.6 Å². The highest BCUT2D eigenvalue weighted by Crippen LogP contribution is 2.38. The molecule has 0 spiro atoms. The van der Waals surface area contributed by atoms with E-state index in [2.05, 4.69) is 0 Å². The summed E-state index contributed by atoms with van der Waals surface area (Å²) in [6.07, 6.45) is 0.522. The van der Waals surface area contributed by atoms with Crippen molar-refractivity contribution in [1.29, 1.82) is 0 Å². The summed E-state index contributed by atoms with van der Waals surface area (Å²) in [5.74, 6) is 1.90. The Kier molecular flexibility index (Phi) is 3.73. The van der Waals surface area contributed by atoms with Gasteiger partial charge in [-0.3, -0.25) is 4.79 Å². The van der Waals surface area contributed by atoms with Crippen molar-refractivity contribution < 1.29 is 14.3 Å². The van der Waals surface area contributed by atoms with Gasteiger partial charge in [-0.1, -0.05) is 18.2 Å². The zero-order valence-electron chi connectivity index (χ0n) is 12.6. The Hall–Kier alpha value is -2.53. The highest BCUT2D eigenvalue weighted by atomic mass is 16.5. The number of nitrogens with zero attached hydrogens (tertiary/aromatic N) is 1. The Morgan fingerprint density at radius 2 is 1.91 bits per heavy atom. The minimum atomic E-state index is -0.496. The number of hydrogen-bond donors (Lipinski definition) is 1. The molecule has 1 aliphatic rings. The maximum absolute atomic E-state index is 12.1. The molecule has 2 aromatic rings. The van der Waals surface area contributed by atoms with Crippen molar-refractivity contribution in [3.05, 3.63) is 48.0 Å². The van der Waals surface area contributed by atoms with Gasteiger partial charge in [0, 0.05) is 13.1 Å². The van der Waals surface area contributed by atoms with Gasteiger partial charge in [0.2, 0.25) is 5.91 Å². The molecular weight excluding hydrogens is 280 g/mol. The van der Waals surface area contributed by atoms with E-state index in [1.165, 1.54) is 0 Å². The molecule has 0 unspecified atom stereocenters. The van der Waals surface area contributed by atoms with Crippen LogP contribution in [-0.4, -0.2) is 26.1 Å². The van der Waals surface area contributed by atoms with Gasteiger partial charge in [0.1, 0.15) is 11.5 Å². The van der Waals surface area contributed by atoms with Crippen molar-refractivity contribution in [3.8, 4) is 17.2 Å². The maximum atomic E-state index is 12.1. The van der Waals surface area contributed by atoms with Gasteiger partial charge in [-0.2, -0.15) is 0 Å². The van der Waals surface area contributed by atoms with E-state index in [4.69, 9.17) is 15.2 Å². The van der Waals surface area contributed by atoms with Crippen LogP contribution in [0, 0.1) is 0 Å². The van der Waals surface area contributed by atoms with E-state index < -0.39 is 6.04 Å². The number of fused-ring (bicyclic) bond motifs is 1. The number of carbonyl (C=O) groups is 1. The number of hydrogen-bond acceptors (Lipinski definition) is 4. The van der Waals surface area contributed by atoms with Crippen LogP contribution in [0.1, 0.15) is 5.56 Å². The first-order valence-corrected chi connectivity index (χ1v) is 7.07. The average molecular weight is 298 g/mol. The molecule has 2 aromatic carbocycles. The van der Waals surface area contributed by atoms with Crippen LogP contribution in [0.15, 0.2) is 42.5 Å². The molecule has 1 heterocycles. The molecule has 0 aliphatic carbocycles. The Labute approximate surface area is 129 Å². The second kappa shape index (κ2) is 5.69. The van der Waals surface area contributed by atoms with E-state index in [0.717, 1.165) is 11.3 Å². The fourth-order valence-electron chi connectivity index (χ4n) is 2.67. The largest absolute Gasteiger partial charge is 0.497 e. The summed E-state index contributed by atoms with van der Waals surface area (Å²) in [5, 5.41) is 0. The molecule has 2 N–H and O–H groups in total. The SMILES string of the molecule is COc1cccc(Oc2cccc3c2N(C)C(=O)[C@H](N)C3)c1. The van der Waals surface area contributed by atoms with Crippen LogP contribution in [0.25, 0.3) is 0 Å². The number of benzene rings is 2. The molecule has 0 fully saturated rings. The number of methoxy groups -OCH3 is 1. The highest BCUT2D eigenvalue weighted by molar-refractivity contribution is 6.01. The standard InChI is InChI=1S/C17H18N2O3/c1-19-16-11(9-14(18)17(19)20)5-3-8-15(16)22-13-7-4-6-12(10-13)21-2/h3-8,10,14H,9,18H2,1-2H3/t14-/m1/s1. The Balaban J connectivity index is 1.99. The summed E-state index contributed by atoms with van der Waals surface area (Å²) in [5.41, 5.74) is 7.66. The zero-order valence-corrected chi connectivity index (χ0v) is 12.6. The number of likely N-dealkylation sites (N-methyl/N-ethyl adjacent to an activating group) is 1. The molecule has 0 aromatic heterocycles. The van der Waals surface area contributed by atoms with Crippen molar-refractivity contribution in [3.63, 3.8) is 0 Å². The number of ether oxygens (including phenoxy) is 2. The molecule has 1 atom stereocenters. The highest BCUT2D eigenvalue weighted by Gasteiger charge is 2.30. The van der Waals surface area contributed by atoms with E-state index >= 15 is 0 Å². The molecule has 0 saturated heterocycles. The molecular formula is C17H18N2O3. The van der Waals surface area contributed by atoms with Crippen molar-refractivity contribution in [2.45, 2.75) is 12.5 Å². The van der Waals surface area contributed by atoms with Gasteiger partial charge in [-0.15, -0.1) is 0 Å². The van der Waals surface area contributed by atoms with Gasteiger partial charge >= 0.3 is 0 Å². The maximum Gasteiger partial charge on any atom is 0.244 e. The van der Waals surface area contributed by atoms with E-state index in [1.54, 1.807) is 25.1 Å². The minimum Gasteiger partial charge on any atom is -0.497 e. The Bertz CT molecular complexity index is 715. The van der Waals surface area contributed by atoms with Gasteiger partial charge in [-0.25, -0.2) is 0 Å². The van der Waals surface area contributed by atoms with E-state index in [0.29, 0.717) is 23.7 Å². The molecule has 114 valence electrons. The van der Waals surface area contributed by atoms with Crippen LogP contribution in [0.5, 0.6) is 17.2 Å². The number of rotatable bonds is 3. The number of anilines is 1. The molecule has 5 heteroatoms. The van der Waals surface area contributed by atoms with Gasteiger partial charge in [0.05, 0.1) is 18.8 Å². The van der Waals surface area contributed by atoms with Crippen LogP contribution in [0.4, 0.5) is 5.69 Å². The quantitative estimate of drug-likeness (QED) is 0.944. The second-order valence-corrected chi connectivity index (χ2v) is 5.25. The van der Waals surface area contributed by atoms with Gasteiger partial charge in [-0.05, 0) is 30.2 Å². The third-order valence-electron chi connectivity index (χ3n) is 3.77. The summed E-state index contributed by atoms with van der Waals surface area (Å²) >= 11 is 0. The van der Waals surface area contributed by atoms with Crippen LogP contribution in [-0.2, 0) is 11.2 Å². The number of nitrogens with two attached hydrogens (primary N) is 1. The fourth-order valence-corrected chi connectivity index (χ4v) is 2.67. The van der Waals surface area contributed by atoms with Crippen molar-refractivity contribution in [1.82, 2.24) is 0 Å². The average Bonchev–Trinajstić information content (AvgIpc) is 2.53. The van der Waals surface area contributed by atoms with Crippen molar-refractivity contribution in [2.75, 3.05) is 19.1 Å². The third kappa shape index (κ3) is 2.51. The molecule has 1 amide bonds. The lowest BCUT2D eigenvalue weighted by Crippen LogP contribution is -2.47. The first-order valence-electron chi connectivity index (χ1n) is 7.07. The molecule has 0 bridgehead atoms. The molecule has 3 rings (SSSR count). The molecule has 5 nitrogen and oxygen atoms in total. The van der Waals surface area contributed by atoms with Crippen molar-refractivity contribution in [2.24, 2.45) is 5.73 Å². The Morgan fingerprint density at radius 3 is 2.68 bits per heavy atom. The number of amides is 1. The summed E-state index contributed by atoms with van der Waals surface area (Å²) < 4.78 is 11.2. The van der Waals surface area contributed by atoms with Crippen LogP contribution < -0.4 is 20.1 Å². The summed E-state index contributed by atoms with van der Waals surface area (Å²) in [4.78, 5) is 13.7. The lowest BCUT2D eigenvalue weighted by Gasteiger charge is -2.31. The van der Waals surface area contributed by atoms with Gasteiger partial charge in [0.15, 0.2) is 5.75 Å². The number of carbonyl (C=O) groups excluding carboxylic acids is 1. The molecule has 1 aliphatic heterocycles. The monoisotopic (exact) mass is 298 g/mol. The smallest absolute Gasteiger partial charge is 0.244 e. The topological polar surface area (TPSA) is 64.8 Å². The first-order chi connectivity index (χ1) is 10.6. The molecule has 0 saturated carbocycles.